The SMILES string of the molecule is O=C(NC1Sc2c(ccc3cc(F)ccc23)[N+]1=O)C1CCCC1. The molecular formula is C17H16FN2O2S+. The van der Waals surface area contributed by atoms with E-state index in [2.05, 4.69) is 5.32 Å². The summed E-state index contributed by atoms with van der Waals surface area (Å²) in [5.41, 5.74) is -0.111. The lowest BCUT2D eigenvalue weighted by molar-refractivity contribution is -0.480. The summed E-state index contributed by atoms with van der Waals surface area (Å²) in [6.07, 6.45) is 3.95. The van der Waals surface area contributed by atoms with Crippen molar-refractivity contribution in [3.05, 3.63) is 41.1 Å². The topological polar surface area (TPSA) is 49.2 Å². The number of halogens is 1. The van der Waals surface area contributed by atoms with Gasteiger partial charge in [0.15, 0.2) is 0 Å². The summed E-state index contributed by atoms with van der Waals surface area (Å²) in [7, 11) is 0. The van der Waals surface area contributed by atoms with E-state index in [4.69, 9.17) is 0 Å². The molecule has 0 radical (unpaired) electrons. The molecule has 1 unspecified atom stereocenters. The molecule has 6 heteroatoms. The Morgan fingerprint density at radius 1 is 1.22 bits per heavy atom. The van der Waals surface area contributed by atoms with Crippen molar-refractivity contribution in [1.82, 2.24) is 5.32 Å². The van der Waals surface area contributed by atoms with E-state index in [1.54, 1.807) is 18.2 Å². The van der Waals surface area contributed by atoms with Crippen LogP contribution in [0.2, 0.25) is 0 Å². The molecule has 0 spiro atoms. The summed E-state index contributed by atoms with van der Waals surface area (Å²) in [5.74, 6) is -0.312. The standard InChI is InChI=1S/C17H15FN2O2S/c18-12-6-7-13-11(9-12)5-8-14-15(13)23-17(20(14)22)19-16(21)10-3-1-2-4-10/h5-10,17H,1-4H2/p+1. The molecule has 2 aromatic rings. The van der Waals surface area contributed by atoms with Gasteiger partial charge in [-0.05, 0) is 48.2 Å². The van der Waals surface area contributed by atoms with Gasteiger partial charge in [0.2, 0.25) is 5.91 Å². The van der Waals surface area contributed by atoms with Gasteiger partial charge in [0.05, 0.1) is 9.66 Å². The number of hydrogen-bond donors (Lipinski definition) is 1. The van der Waals surface area contributed by atoms with Crippen molar-refractivity contribution in [3.63, 3.8) is 0 Å². The monoisotopic (exact) mass is 331 g/mol. The van der Waals surface area contributed by atoms with Gasteiger partial charge in [0, 0.05) is 22.3 Å². The van der Waals surface area contributed by atoms with Crippen molar-refractivity contribution in [2.75, 3.05) is 0 Å². The van der Waals surface area contributed by atoms with Gasteiger partial charge in [0.1, 0.15) is 5.82 Å². The molecule has 4 rings (SSSR count). The fourth-order valence-corrected chi connectivity index (χ4v) is 4.56. The summed E-state index contributed by atoms with van der Waals surface area (Å²) < 4.78 is 14.2. The number of carbonyl (C=O) groups is 1. The molecule has 23 heavy (non-hydrogen) atoms. The number of rotatable bonds is 2. The van der Waals surface area contributed by atoms with Crippen LogP contribution >= 0.6 is 11.8 Å². The quantitative estimate of drug-likeness (QED) is 0.844. The highest BCUT2D eigenvalue weighted by Crippen LogP contribution is 2.45. The molecule has 1 atom stereocenters. The van der Waals surface area contributed by atoms with E-state index in [0.29, 0.717) is 5.69 Å². The first kappa shape index (κ1) is 14.6. The lowest BCUT2D eigenvalue weighted by atomic mass is 10.1. The van der Waals surface area contributed by atoms with E-state index in [1.165, 1.54) is 23.9 Å². The Hall–Kier alpha value is -1.95. The maximum Gasteiger partial charge on any atom is 0.335 e. The second-order valence-electron chi connectivity index (χ2n) is 6.07. The molecule has 0 saturated heterocycles. The Morgan fingerprint density at radius 3 is 2.78 bits per heavy atom. The summed E-state index contributed by atoms with van der Waals surface area (Å²) >= 11 is 1.33. The van der Waals surface area contributed by atoms with Crippen LogP contribution in [0.5, 0.6) is 0 Å². The third-order valence-electron chi connectivity index (χ3n) is 4.58. The normalized spacial score (nSPS) is 20.9. The fourth-order valence-electron chi connectivity index (χ4n) is 3.36. The summed E-state index contributed by atoms with van der Waals surface area (Å²) in [6.45, 7) is 0. The van der Waals surface area contributed by atoms with Gasteiger partial charge < -0.3 is 0 Å². The van der Waals surface area contributed by atoms with Gasteiger partial charge in [-0.25, -0.2) is 4.39 Å². The Labute approximate surface area is 137 Å². The second kappa shape index (κ2) is 5.60. The molecule has 2 aromatic carbocycles. The third-order valence-corrected chi connectivity index (χ3v) is 5.78. The van der Waals surface area contributed by atoms with E-state index in [9.17, 15) is 14.1 Å². The van der Waals surface area contributed by atoms with Crippen LogP contribution in [-0.4, -0.2) is 16.2 Å². The van der Waals surface area contributed by atoms with Gasteiger partial charge >= 0.3 is 5.50 Å². The summed E-state index contributed by atoms with van der Waals surface area (Å²) in [4.78, 5) is 25.5. The Bertz CT molecular complexity index is 818. The minimum Gasteiger partial charge on any atom is -0.285 e. The smallest absolute Gasteiger partial charge is 0.285 e. The van der Waals surface area contributed by atoms with Gasteiger partial charge in [-0.15, -0.1) is 0 Å². The zero-order chi connectivity index (χ0) is 16.0. The number of nitroso groups, excluding NO2 is 1. The van der Waals surface area contributed by atoms with E-state index >= 15 is 0 Å². The molecule has 0 bridgehead atoms. The zero-order valence-corrected chi connectivity index (χ0v) is 13.2. The minimum absolute atomic E-state index is 0.0264. The van der Waals surface area contributed by atoms with E-state index in [0.717, 1.165) is 46.1 Å². The summed E-state index contributed by atoms with van der Waals surface area (Å²) in [6, 6.07) is 7.97. The van der Waals surface area contributed by atoms with Crippen LogP contribution in [0.3, 0.4) is 0 Å². The molecule has 1 fully saturated rings. The van der Waals surface area contributed by atoms with Gasteiger partial charge in [-0.2, -0.15) is 0 Å². The van der Waals surface area contributed by atoms with Crippen LogP contribution in [0, 0.1) is 16.6 Å². The number of amides is 1. The second-order valence-corrected chi connectivity index (χ2v) is 7.16. The summed E-state index contributed by atoms with van der Waals surface area (Å²) in [5, 5.41) is 4.45. The number of benzene rings is 2. The molecule has 1 saturated carbocycles. The number of fused-ring (bicyclic) bond motifs is 3. The zero-order valence-electron chi connectivity index (χ0n) is 12.4. The minimum atomic E-state index is -0.645. The highest BCUT2D eigenvalue weighted by atomic mass is 32.2. The predicted octanol–water partition coefficient (Wildman–Crippen LogP) is 4.09. The van der Waals surface area contributed by atoms with Crippen LogP contribution in [-0.2, 0) is 4.79 Å². The van der Waals surface area contributed by atoms with Crippen molar-refractivity contribution < 1.29 is 13.9 Å². The molecule has 2 aliphatic rings. The van der Waals surface area contributed by atoms with Crippen LogP contribution < -0.4 is 5.32 Å². The number of hydrogen-bond acceptors (Lipinski definition) is 3. The van der Waals surface area contributed by atoms with E-state index < -0.39 is 5.50 Å². The molecular weight excluding hydrogens is 315 g/mol. The fraction of sp³-hybridized carbons (Fsp3) is 0.353. The van der Waals surface area contributed by atoms with Crippen LogP contribution in [0.15, 0.2) is 35.2 Å². The van der Waals surface area contributed by atoms with Crippen molar-refractivity contribution in [2.24, 2.45) is 5.92 Å². The maximum absolute atomic E-state index is 13.4. The Balaban J connectivity index is 1.62. The average molecular weight is 331 g/mol. The van der Waals surface area contributed by atoms with Crippen molar-refractivity contribution in [1.29, 1.82) is 0 Å². The first-order chi connectivity index (χ1) is 11.1. The number of thioether (sulfide) groups is 1. The first-order valence-electron chi connectivity index (χ1n) is 7.79. The van der Waals surface area contributed by atoms with Crippen LogP contribution in [0.4, 0.5) is 10.1 Å². The lowest BCUT2D eigenvalue weighted by Gasteiger charge is -2.09. The number of nitrogens with zero attached hydrogens (tertiary/aromatic N) is 1. The Kier molecular flexibility index (Phi) is 3.56. The lowest BCUT2D eigenvalue weighted by Crippen LogP contribution is -2.39. The molecule has 1 aliphatic carbocycles. The molecule has 1 N–H and O–H groups in total. The molecule has 1 heterocycles. The van der Waals surface area contributed by atoms with Crippen LogP contribution in [0.1, 0.15) is 25.7 Å². The highest BCUT2D eigenvalue weighted by molar-refractivity contribution is 8.00. The van der Waals surface area contributed by atoms with Crippen molar-refractivity contribution in [2.45, 2.75) is 36.1 Å². The molecule has 4 nitrogen and oxygen atoms in total. The first-order valence-corrected chi connectivity index (χ1v) is 8.67. The molecule has 0 aromatic heterocycles. The third kappa shape index (κ3) is 2.51. The molecule has 1 aliphatic heterocycles. The molecule has 1 amide bonds. The van der Waals surface area contributed by atoms with Crippen molar-refractivity contribution >= 4 is 34.1 Å². The predicted molar refractivity (Wildman–Crippen MR) is 86.9 cm³/mol. The van der Waals surface area contributed by atoms with E-state index in [1.807, 2.05) is 0 Å². The highest BCUT2D eigenvalue weighted by Gasteiger charge is 2.42. The van der Waals surface area contributed by atoms with Gasteiger partial charge in [0.25, 0.3) is 5.69 Å². The van der Waals surface area contributed by atoms with Crippen LogP contribution in [0.25, 0.3) is 10.8 Å². The number of nitrogens with one attached hydrogen (secondary N) is 1. The number of carbonyl (C=O) groups excluding carboxylic acids is 1. The largest absolute Gasteiger partial charge is 0.335 e. The van der Waals surface area contributed by atoms with E-state index in [-0.39, 0.29) is 17.6 Å². The maximum atomic E-state index is 13.4. The van der Waals surface area contributed by atoms with Gasteiger partial charge in [-0.1, -0.05) is 18.9 Å². The molecule has 118 valence electrons. The van der Waals surface area contributed by atoms with Crippen molar-refractivity contribution in [3.8, 4) is 0 Å². The van der Waals surface area contributed by atoms with Gasteiger partial charge in [-0.3, -0.25) is 10.1 Å². The average Bonchev–Trinajstić information content (AvgIpc) is 3.16. The Morgan fingerprint density at radius 2 is 2.00 bits per heavy atom.